The smallest absolute Gasteiger partial charge is 0.377 e. The van der Waals surface area contributed by atoms with E-state index in [2.05, 4.69) is 50.5 Å². The zero-order chi connectivity index (χ0) is 50.0. The van der Waals surface area contributed by atoms with Gasteiger partial charge in [0.15, 0.2) is 11.2 Å². The van der Waals surface area contributed by atoms with Crippen LogP contribution in [0, 0.1) is 23.3 Å². The molecule has 0 aliphatic carbocycles. The Kier molecular flexibility index (Phi) is 16.7. The zero-order valence-electron chi connectivity index (χ0n) is 34.4. The van der Waals surface area contributed by atoms with Gasteiger partial charge >= 0.3 is 24.2 Å². The summed E-state index contributed by atoms with van der Waals surface area (Å²) >= 11 is 0. The quantitative estimate of drug-likeness (QED) is 0.0621. The Morgan fingerprint density at radius 3 is 1.49 bits per heavy atom. The molecule has 2 unspecified atom stereocenters. The molecule has 2 aromatic carbocycles. The van der Waals surface area contributed by atoms with Gasteiger partial charge in [0.1, 0.15) is 60.5 Å². The lowest BCUT2D eigenvalue weighted by Gasteiger charge is -2.35. The van der Waals surface area contributed by atoms with Crippen molar-refractivity contribution in [3.05, 3.63) is 149 Å². The number of ether oxygens (including phenoxy) is 2. The maximum atomic E-state index is 15.6. The van der Waals surface area contributed by atoms with Crippen molar-refractivity contribution in [3.63, 3.8) is 0 Å². The molecule has 14 nitrogen and oxygen atoms in total. The van der Waals surface area contributed by atoms with E-state index in [-0.39, 0.29) is 31.6 Å². The average Bonchev–Trinajstić information content (AvgIpc) is 3.98. The molecule has 0 aliphatic rings. The van der Waals surface area contributed by atoms with Crippen LogP contribution in [-0.2, 0) is 52.0 Å². The Labute approximate surface area is 373 Å². The normalized spacial score (nSPS) is 14.4. The molecule has 0 fully saturated rings. The first kappa shape index (κ1) is 52.4. The van der Waals surface area contributed by atoms with Gasteiger partial charge in [-0.25, -0.2) is 26.9 Å². The van der Waals surface area contributed by atoms with Crippen LogP contribution in [0.2, 0.25) is 0 Å². The lowest BCUT2D eigenvalue weighted by atomic mass is 9.84. The second-order valence-corrected chi connectivity index (χ2v) is 14.5. The van der Waals surface area contributed by atoms with E-state index in [0.29, 0.717) is 35.9 Å². The summed E-state index contributed by atoms with van der Waals surface area (Å²) in [6.45, 7) is -5.42. The third kappa shape index (κ3) is 13.3. The summed E-state index contributed by atoms with van der Waals surface area (Å²) < 4.78 is 201. The molecule has 0 radical (unpaired) electrons. The number of nitrogens with zero attached hydrogens (tertiary/aromatic N) is 10. The van der Waals surface area contributed by atoms with Crippen molar-refractivity contribution >= 4 is 6.08 Å². The maximum absolute atomic E-state index is 15.6. The Morgan fingerprint density at radius 2 is 1.07 bits per heavy atom. The third-order valence-corrected chi connectivity index (χ3v) is 9.42. The number of pyridine rings is 2. The van der Waals surface area contributed by atoms with Crippen molar-refractivity contribution in [1.29, 1.82) is 0 Å². The van der Waals surface area contributed by atoms with Crippen molar-refractivity contribution in [3.8, 4) is 0 Å². The number of benzene rings is 2. The van der Waals surface area contributed by atoms with E-state index in [1.54, 1.807) is 0 Å². The molecule has 68 heavy (non-hydrogen) atoms. The predicted molar refractivity (Wildman–Crippen MR) is 204 cm³/mol. The SMILES string of the molecule is OC(Cn1cnnn1)(c1ccc(F)cc1F)C(F)(F)c1ccc(/C=C/COCC(F)(F)F)cn1.OC(Cn1cnnn1)(c1ccc(F)cc1F)C(F)(F)c1ccc(CCCOCC(F)(F)F)cn1. The fourth-order valence-electron chi connectivity index (χ4n) is 6.20. The van der Waals surface area contributed by atoms with Gasteiger partial charge in [-0.2, -0.15) is 43.9 Å². The van der Waals surface area contributed by atoms with Crippen LogP contribution in [-0.4, -0.2) is 99.4 Å². The van der Waals surface area contributed by atoms with E-state index < -0.39 is 107 Å². The average molecular weight is 985 g/mol. The largest absolute Gasteiger partial charge is 0.411 e. The van der Waals surface area contributed by atoms with Gasteiger partial charge in [-0.3, -0.25) is 9.97 Å². The molecule has 4 aromatic heterocycles. The Morgan fingerprint density at radius 1 is 0.588 bits per heavy atom. The molecule has 28 heteroatoms. The first-order valence-corrected chi connectivity index (χ1v) is 19.2. The summed E-state index contributed by atoms with van der Waals surface area (Å²) in [7, 11) is 0. The Bertz CT molecular complexity index is 2550. The van der Waals surface area contributed by atoms with Crippen LogP contribution in [0.4, 0.5) is 61.5 Å². The van der Waals surface area contributed by atoms with E-state index in [9.17, 15) is 54.1 Å². The number of aryl methyl sites for hydroxylation is 1. The van der Waals surface area contributed by atoms with Gasteiger partial charge in [-0.05, 0) is 81.2 Å². The van der Waals surface area contributed by atoms with Crippen molar-refractivity contribution in [2.75, 3.05) is 26.4 Å². The molecule has 2 N–H and O–H groups in total. The van der Waals surface area contributed by atoms with Crippen LogP contribution in [0.5, 0.6) is 0 Å². The second-order valence-electron chi connectivity index (χ2n) is 14.5. The standard InChI is InChI=1S/C20H18F7N5O2.C20H16F7N5O2/c2*21-14-4-5-15(16(22)8-14)18(33,10-32-12-29-30-31-32)20(26,27)17-6-3-13(9-28-17)2-1-7-34-11-19(23,24)25/h3-6,8-9,12,33H,1-2,7,10-11H2;1-6,8-9,12,33H,7,10-11H2/b;2-1+. The fraction of sp³-hybridized carbons (Fsp3) is 0.350. The molecular formula is C40H34F14N10O4. The molecular weight excluding hydrogens is 950 g/mol. The van der Waals surface area contributed by atoms with E-state index in [1.807, 2.05) is 0 Å². The van der Waals surface area contributed by atoms with Gasteiger partial charge in [-0.1, -0.05) is 24.3 Å². The van der Waals surface area contributed by atoms with E-state index in [4.69, 9.17) is 0 Å². The van der Waals surface area contributed by atoms with E-state index in [0.717, 1.165) is 58.7 Å². The Hall–Kier alpha value is -6.52. The molecule has 2 atom stereocenters. The van der Waals surface area contributed by atoms with Gasteiger partial charge in [0.25, 0.3) is 0 Å². The van der Waals surface area contributed by atoms with Crippen molar-refractivity contribution < 1.29 is 81.2 Å². The van der Waals surface area contributed by atoms with E-state index in [1.165, 1.54) is 18.2 Å². The van der Waals surface area contributed by atoms with Gasteiger partial charge in [-0.15, -0.1) is 10.2 Å². The maximum Gasteiger partial charge on any atom is 0.411 e. The molecule has 0 spiro atoms. The minimum absolute atomic E-state index is 0.178. The zero-order valence-corrected chi connectivity index (χ0v) is 34.4. The highest BCUT2D eigenvalue weighted by Crippen LogP contribution is 2.48. The highest BCUT2D eigenvalue weighted by molar-refractivity contribution is 5.48. The number of halogens is 14. The minimum Gasteiger partial charge on any atom is -0.377 e. The molecule has 0 amide bonds. The van der Waals surface area contributed by atoms with Crippen LogP contribution in [0.1, 0.15) is 40.1 Å². The lowest BCUT2D eigenvalue weighted by molar-refractivity contribution is -0.207. The van der Waals surface area contributed by atoms with Gasteiger partial charge in [0.2, 0.25) is 0 Å². The topological polar surface area (TPSA) is 172 Å². The summed E-state index contributed by atoms with van der Waals surface area (Å²) in [5.74, 6) is -13.3. The number of alkyl halides is 10. The van der Waals surface area contributed by atoms with Crippen LogP contribution >= 0.6 is 0 Å². The van der Waals surface area contributed by atoms with Gasteiger partial charge in [0, 0.05) is 42.3 Å². The molecule has 0 saturated heterocycles. The van der Waals surface area contributed by atoms with E-state index >= 15 is 17.6 Å². The Balaban J connectivity index is 0.000000254. The summed E-state index contributed by atoms with van der Waals surface area (Å²) in [6, 6.07) is 7.66. The first-order chi connectivity index (χ1) is 31.8. The van der Waals surface area contributed by atoms with Crippen molar-refractivity contribution in [2.45, 2.75) is 61.3 Å². The molecule has 0 saturated carbocycles. The van der Waals surface area contributed by atoms with Gasteiger partial charge < -0.3 is 19.7 Å². The summed E-state index contributed by atoms with van der Waals surface area (Å²) in [6.07, 6.45) is -2.15. The molecule has 0 bridgehead atoms. The second kappa shape index (κ2) is 21.6. The predicted octanol–water partition coefficient (Wildman–Crippen LogP) is 7.16. The highest BCUT2D eigenvalue weighted by Gasteiger charge is 2.59. The lowest BCUT2D eigenvalue weighted by Crippen LogP contribution is -2.48. The molecule has 6 rings (SSSR count). The molecule has 6 aromatic rings. The highest BCUT2D eigenvalue weighted by atomic mass is 19.4. The first-order valence-electron chi connectivity index (χ1n) is 19.2. The van der Waals surface area contributed by atoms with Crippen LogP contribution in [0.25, 0.3) is 6.08 Å². The number of hydrogen-bond donors (Lipinski definition) is 2. The number of hydrogen-bond acceptors (Lipinski definition) is 12. The monoisotopic (exact) mass is 984 g/mol. The third-order valence-electron chi connectivity index (χ3n) is 9.42. The summed E-state index contributed by atoms with van der Waals surface area (Å²) in [5, 5.41) is 42.1. The van der Waals surface area contributed by atoms with Crippen molar-refractivity contribution in [2.24, 2.45) is 0 Å². The number of tetrazole rings is 2. The molecule has 366 valence electrons. The minimum atomic E-state index is -4.48. The van der Waals surface area contributed by atoms with Crippen LogP contribution in [0.15, 0.2) is 91.8 Å². The summed E-state index contributed by atoms with van der Waals surface area (Å²) in [4.78, 5) is 7.29. The van der Waals surface area contributed by atoms with Crippen molar-refractivity contribution in [1.82, 2.24) is 50.4 Å². The fourth-order valence-corrected chi connectivity index (χ4v) is 6.20. The number of rotatable bonds is 19. The number of aromatic nitrogens is 10. The molecule has 4 heterocycles. The summed E-state index contributed by atoms with van der Waals surface area (Å²) in [5.41, 5.74) is -9.58. The number of aliphatic hydroxyl groups is 2. The van der Waals surface area contributed by atoms with Gasteiger partial charge in [0.05, 0.1) is 19.7 Å². The molecule has 0 aliphatic heterocycles. The van der Waals surface area contributed by atoms with Crippen LogP contribution in [0.3, 0.4) is 0 Å². The van der Waals surface area contributed by atoms with Crippen LogP contribution < -0.4 is 0 Å².